The number of para-hydroxylation sites is 1. The third kappa shape index (κ3) is 3.37. The smallest absolute Gasteiger partial charge is 0.306 e. The molecule has 9 heteroatoms. The topological polar surface area (TPSA) is 117 Å². The van der Waals surface area contributed by atoms with E-state index in [0.717, 1.165) is 20.9 Å². The van der Waals surface area contributed by atoms with Crippen LogP contribution in [0.15, 0.2) is 24.5 Å². The molecule has 0 bridgehead atoms. The summed E-state index contributed by atoms with van der Waals surface area (Å²) in [6.45, 7) is 3.25. The number of hydrogen-bond donors (Lipinski definition) is 3. The van der Waals surface area contributed by atoms with Crippen molar-refractivity contribution in [3.8, 4) is 0 Å². The fourth-order valence-corrected chi connectivity index (χ4v) is 4.26. The number of hydrogen-bond acceptors (Lipinski definition) is 8. The Morgan fingerprint density at radius 2 is 2.11 bits per heavy atom. The lowest BCUT2D eigenvalue weighted by molar-refractivity contribution is -0.142. The van der Waals surface area contributed by atoms with Crippen LogP contribution in [0.4, 0.5) is 22.5 Å². The van der Waals surface area contributed by atoms with Crippen LogP contribution in [-0.2, 0) is 4.79 Å². The van der Waals surface area contributed by atoms with E-state index >= 15 is 0 Å². The highest BCUT2D eigenvalue weighted by atomic mass is 32.1. The van der Waals surface area contributed by atoms with Crippen molar-refractivity contribution in [2.45, 2.75) is 19.8 Å². The second-order valence-corrected chi connectivity index (χ2v) is 7.66. The van der Waals surface area contributed by atoms with E-state index in [1.54, 1.807) is 11.3 Å². The first-order valence-electron chi connectivity index (χ1n) is 8.74. The molecule has 1 saturated heterocycles. The number of thiazole rings is 1. The number of carboxylic acid groups (broad SMARTS) is 1. The van der Waals surface area contributed by atoms with Gasteiger partial charge >= 0.3 is 5.97 Å². The summed E-state index contributed by atoms with van der Waals surface area (Å²) in [5.74, 6) is 0.109. The number of aliphatic carboxylic acids is 1. The third-order valence-electron chi connectivity index (χ3n) is 4.85. The molecule has 3 aromatic rings. The SMILES string of the molecule is Cc1cccc2sc(Nc3ncnc(N4CCC(C(=O)O)CC4)c3N)nc12. The Morgan fingerprint density at radius 1 is 1.33 bits per heavy atom. The average molecular weight is 384 g/mol. The van der Waals surface area contributed by atoms with Gasteiger partial charge in [0.25, 0.3) is 0 Å². The molecule has 0 radical (unpaired) electrons. The maximum atomic E-state index is 11.1. The van der Waals surface area contributed by atoms with Crippen LogP contribution in [-0.4, -0.2) is 39.1 Å². The number of fused-ring (bicyclic) bond motifs is 1. The zero-order chi connectivity index (χ0) is 19.0. The summed E-state index contributed by atoms with van der Waals surface area (Å²) >= 11 is 1.54. The number of carbonyl (C=O) groups is 1. The summed E-state index contributed by atoms with van der Waals surface area (Å²) in [6, 6.07) is 6.08. The Morgan fingerprint density at radius 3 is 2.81 bits per heavy atom. The molecule has 27 heavy (non-hydrogen) atoms. The minimum absolute atomic E-state index is 0.298. The minimum Gasteiger partial charge on any atom is -0.481 e. The summed E-state index contributed by atoms with van der Waals surface area (Å²) in [5, 5.41) is 13.1. The van der Waals surface area contributed by atoms with Crippen molar-refractivity contribution in [1.82, 2.24) is 15.0 Å². The summed E-state index contributed by atoms with van der Waals surface area (Å²) in [6.07, 6.45) is 2.63. The van der Waals surface area contributed by atoms with Crippen LogP contribution in [0.1, 0.15) is 18.4 Å². The summed E-state index contributed by atoms with van der Waals surface area (Å²) in [4.78, 5) is 26.4. The van der Waals surface area contributed by atoms with Crippen LogP contribution in [0.5, 0.6) is 0 Å². The van der Waals surface area contributed by atoms with E-state index in [1.165, 1.54) is 6.33 Å². The van der Waals surface area contributed by atoms with Gasteiger partial charge in [-0.25, -0.2) is 15.0 Å². The quantitative estimate of drug-likeness (QED) is 0.628. The van der Waals surface area contributed by atoms with Crippen LogP contribution >= 0.6 is 11.3 Å². The van der Waals surface area contributed by atoms with Crippen LogP contribution < -0.4 is 16.0 Å². The fourth-order valence-electron chi connectivity index (χ4n) is 3.32. The molecule has 0 amide bonds. The molecule has 4 N–H and O–H groups in total. The number of piperidine rings is 1. The number of aromatic nitrogens is 3. The third-order valence-corrected chi connectivity index (χ3v) is 5.79. The molecular weight excluding hydrogens is 364 g/mol. The van der Waals surface area contributed by atoms with E-state index in [-0.39, 0.29) is 5.92 Å². The van der Waals surface area contributed by atoms with Crippen molar-refractivity contribution in [2.75, 3.05) is 29.0 Å². The largest absolute Gasteiger partial charge is 0.481 e. The summed E-state index contributed by atoms with van der Waals surface area (Å²) in [5.41, 5.74) is 8.84. The maximum Gasteiger partial charge on any atom is 0.306 e. The van der Waals surface area contributed by atoms with Crippen molar-refractivity contribution in [3.63, 3.8) is 0 Å². The van der Waals surface area contributed by atoms with Gasteiger partial charge in [0.2, 0.25) is 0 Å². The van der Waals surface area contributed by atoms with Crippen LogP contribution in [0.25, 0.3) is 10.2 Å². The Hall–Kier alpha value is -2.94. The van der Waals surface area contributed by atoms with E-state index in [2.05, 4.69) is 20.3 Å². The first kappa shape index (κ1) is 17.5. The van der Waals surface area contributed by atoms with Gasteiger partial charge in [-0.05, 0) is 31.4 Å². The molecule has 8 nitrogen and oxygen atoms in total. The molecule has 0 spiro atoms. The zero-order valence-corrected chi connectivity index (χ0v) is 15.7. The van der Waals surface area contributed by atoms with Gasteiger partial charge in [0.15, 0.2) is 16.8 Å². The zero-order valence-electron chi connectivity index (χ0n) is 14.8. The van der Waals surface area contributed by atoms with E-state index in [1.807, 2.05) is 30.0 Å². The average Bonchev–Trinajstić information content (AvgIpc) is 3.08. The van der Waals surface area contributed by atoms with Gasteiger partial charge in [-0.15, -0.1) is 0 Å². The van der Waals surface area contributed by atoms with E-state index in [4.69, 9.17) is 10.8 Å². The van der Waals surface area contributed by atoms with Gasteiger partial charge in [-0.3, -0.25) is 4.79 Å². The molecule has 0 atom stereocenters. The molecule has 2 aromatic heterocycles. The van der Waals surface area contributed by atoms with E-state index in [9.17, 15) is 4.79 Å². The Labute approximate surface area is 160 Å². The van der Waals surface area contributed by atoms with Crippen molar-refractivity contribution in [2.24, 2.45) is 5.92 Å². The number of nitrogens with zero attached hydrogens (tertiary/aromatic N) is 4. The fraction of sp³-hybridized carbons (Fsp3) is 0.333. The van der Waals surface area contributed by atoms with Crippen LogP contribution in [0.2, 0.25) is 0 Å². The molecular formula is C18H20N6O2S. The van der Waals surface area contributed by atoms with Crippen LogP contribution in [0.3, 0.4) is 0 Å². The number of nitrogen functional groups attached to an aromatic ring is 1. The second-order valence-electron chi connectivity index (χ2n) is 6.62. The molecule has 140 valence electrons. The lowest BCUT2D eigenvalue weighted by Gasteiger charge is -2.31. The number of nitrogens with two attached hydrogens (primary N) is 1. The Bertz CT molecular complexity index is 997. The van der Waals surface area contributed by atoms with Crippen molar-refractivity contribution >= 4 is 50.0 Å². The molecule has 0 unspecified atom stereocenters. The highest BCUT2D eigenvalue weighted by Gasteiger charge is 2.26. The monoisotopic (exact) mass is 384 g/mol. The number of benzene rings is 1. The van der Waals surface area contributed by atoms with Gasteiger partial charge in [0.1, 0.15) is 12.0 Å². The lowest BCUT2D eigenvalue weighted by atomic mass is 9.97. The summed E-state index contributed by atoms with van der Waals surface area (Å²) in [7, 11) is 0. The molecule has 1 fully saturated rings. The maximum absolute atomic E-state index is 11.1. The molecule has 4 rings (SSSR count). The normalized spacial score (nSPS) is 15.2. The number of rotatable bonds is 4. The van der Waals surface area contributed by atoms with Gasteiger partial charge in [0.05, 0.1) is 16.1 Å². The predicted molar refractivity (Wildman–Crippen MR) is 107 cm³/mol. The number of aryl methyl sites for hydroxylation is 1. The van der Waals surface area contributed by atoms with E-state index < -0.39 is 5.97 Å². The highest BCUT2D eigenvalue weighted by Crippen LogP contribution is 2.34. The van der Waals surface area contributed by atoms with E-state index in [0.29, 0.717) is 43.3 Å². The minimum atomic E-state index is -0.737. The molecule has 0 saturated carbocycles. The van der Waals surface area contributed by atoms with Gasteiger partial charge < -0.3 is 21.1 Å². The first-order chi connectivity index (χ1) is 13.0. The molecule has 1 aliphatic rings. The molecule has 1 aliphatic heterocycles. The molecule has 3 heterocycles. The van der Waals surface area contributed by atoms with Crippen molar-refractivity contribution < 1.29 is 9.90 Å². The standard InChI is InChI=1S/C18H20N6O2S/c1-10-3-2-4-12-14(10)22-18(27-12)23-15-13(19)16(21-9-20-15)24-7-5-11(6-8-24)17(25)26/h2-4,9,11H,5-8,19H2,1H3,(H,25,26)(H,20,21,22,23). The Kier molecular flexibility index (Phi) is 4.53. The highest BCUT2D eigenvalue weighted by molar-refractivity contribution is 7.22. The molecule has 1 aromatic carbocycles. The van der Waals surface area contributed by atoms with Crippen molar-refractivity contribution in [1.29, 1.82) is 0 Å². The van der Waals surface area contributed by atoms with Gasteiger partial charge in [-0.1, -0.05) is 23.5 Å². The van der Waals surface area contributed by atoms with Gasteiger partial charge in [0, 0.05) is 13.1 Å². The number of carboxylic acids is 1. The molecule has 0 aliphatic carbocycles. The Balaban J connectivity index is 1.56. The summed E-state index contributed by atoms with van der Waals surface area (Å²) < 4.78 is 1.10. The van der Waals surface area contributed by atoms with Gasteiger partial charge in [-0.2, -0.15) is 0 Å². The second kappa shape index (κ2) is 6.99. The number of anilines is 4. The lowest BCUT2D eigenvalue weighted by Crippen LogP contribution is -2.37. The van der Waals surface area contributed by atoms with Crippen molar-refractivity contribution in [3.05, 3.63) is 30.1 Å². The first-order valence-corrected chi connectivity index (χ1v) is 9.56. The van der Waals surface area contributed by atoms with Crippen LogP contribution in [0, 0.1) is 12.8 Å². The predicted octanol–water partition coefficient (Wildman–Crippen LogP) is 3.02. The number of nitrogens with one attached hydrogen (secondary N) is 1.